The van der Waals surface area contributed by atoms with E-state index >= 15 is 0 Å². The Balaban J connectivity index is 3.56. The first-order chi connectivity index (χ1) is 7.61. The summed E-state index contributed by atoms with van der Waals surface area (Å²) in [4.78, 5) is 22.3. The fourth-order valence-electron chi connectivity index (χ4n) is 1.56. The van der Waals surface area contributed by atoms with E-state index in [2.05, 4.69) is 12.2 Å². The number of amides is 2. The molecule has 0 rings (SSSR count). The Morgan fingerprint density at radius 2 is 1.94 bits per heavy atom. The van der Waals surface area contributed by atoms with E-state index in [0.29, 0.717) is 19.4 Å². The van der Waals surface area contributed by atoms with Gasteiger partial charge >= 0.3 is 0 Å². The summed E-state index contributed by atoms with van der Waals surface area (Å²) < 4.78 is 0. The Bertz CT molecular complexity index is 217. The molecule has 0 aromatic rings. The van der Waals surface area contributed by atoms with Gasteiger partial charge in [-0.15, -0.1) is 0 Å². The van der Waals surface area contributed by atoms with Crippen molar-refractivity contribution in [2.24, 2.45) is 11.7 Å². The van der Waals surface area contributed by atoms with Crippen molar-refractivity contribution in [3.8, 4) is 0 Å². The summed E-state index contributed by atoms with van der Waals surface area (Å²) in [6.45, 7) is 4.58. The molecule has 0 heterocycles. The predicted molar refractivity (Wildman–Crippen MR) is 64.7 cm³/mol. The van der Waals surface area contributed by atoms with E-state index in [1.165, 1.54) is 0 Å². The first kappa shape index (κ1) is 14.9. The Morgan fingerprint density at radius 1 is 1.25 bits per heavy atom. The quantitative estimate of drug-likeness (QED) is 0.588. The van der Waals surface area contributed by atoms with Crippen molar-refractivity contribution < 1.29 is 9.59 Å². The standard InChI is InChI=1S/C12H24N2O2/c1-3-5-6-7-11(15)14-9-8-10(4-2)12(13)16/h10H,3-9H2,1-2H3,(H2,13,16)(H,14,15). The molecule has 1 unspecified atom stereocenters. The van der Waals surface area contributed by atoms with Gasteiger partial charge in [-0.25, -0.2) is 0 Å². The third kappa shape index (κ3) is 7.26. The summed E-state index contributed by atoms with van der Waals surface area (Å²) >= 11 is 0. The lowest BCUT2D eigenvalue weighted by Gasteiger charge is -2.11. The molecule has 2 amide bonds. The highest BCUT2D eigenvalue weighted by molar-refractivity contribution is 5.77. The van der Waals surface area contributed by atoms with Crippen molar-refractivity contribution in [2.75, 3.05) is 6.54 Å². The highest BCUT2D eigenvalue weighted by Gasteiger charge is 2.12. The molecule has 0 radical (unpaired) electrons. The lowest BCUT2D eigenvalue weighted by Crippen LogP contribution is -2.29. The van der Waals surface area contributed by atoms with Crippen molar-refractivity contribution in [3.63, 3.8) is 0 Å². The number of carbonyl (C=O) groups is 2. The number of carbonyl (C=O) groups excluding carboxylic acids is 2. The molecule has 0 aromatic carbocycles. The van der Waals surface area contributed by atoms with Crippen molar-refractivity contribution in [1.29, 1.82) is 0 Å². The lowest BCUT2D eigenvalue weighted by atomic mass is 10.0. The molecule has 94 valence electrons. The SMILES string of the molecule is CCCCCC(=O)NCCC(CC)C(N)=O. The second-order valence-corrected chi connectivity index (χ2v) is 4.10. The molecule has 0 spiro atoms. The van der Waals surface area contributed by atoms with E-state index in [9.17, 15) is 9.59 Å². The van der Waals surface area contributed by atoms with Gasteiger partial charge in [0.1, 0.15) is 0 Å². The van der Waals surface area contributed by atoms with Gasteiger partial charge in [0.15, 0.2) is 0 Å². The van der Waals surface area contributed by atoms with Crippen LogP contribution in [0.25, 0.3) is 0 Å². The Morgan fingerprint density at radius 3 is 2.44 bits per heavy atom. The number of nitrogens with one attached hydrogen (secondary N) is 1. The number of nitrogens with two attached hydrogens (primary N) is 1. The first-order valence-electron chi connectivity index (χ1n) is 6.17. The lowest BCUT2D eigenvalue weighted by molar-refractivity contribution is -0.123. The Kier molecular flexibility index (Phi) is 8.58. The zero-order chi connectivity index (χ0) is 12.4. The summed E-state index contributed by atoms with van der Waals surface area (Å²) in [5.74, 6) is -0.313. The summed E-state index contributed by atoms with van der Waals surface area (Å²) in [7, 11) is 0. The third-order valence-corrected chi connectivity index (χ3v) is 2.72. The fraction of sp³-hybridized carbons (Fsp3) is 0.833. The van der Waals surface area contributed by atoms with Crippen LogP contribution in [0.1, 0.15) is 52.4 Å². The molecule has 4 heteroatoms. The van der Waals surface area contributed by atoms with Crippen LogP contribution in [0.4, 0.5) is 0 Å². The summed E-state index contributed by atoms with van der Waals surface area (Å²) in [6.07, 6.45) is 5.11. The minimum atomic E-state index is -0.275. The molecular formula is C12H24N2O2. The van der Waals surface area contributed by atoms with E-state index in [1.54, 1.807) is 0 Å². The number of hydrogen-bond acceptors (Lipinski definition) is 2. The van der Waals surface area contributed by atoms with E-state index in [1.807, 2.05) is 6.92 Å². The highest BCUT2D eigenvalue weighted by Crippen LogP contribution is 2.06. The van der Waals surface area contributed by atoms with Crippen LogP contribution < -0.4 is 11.1 Å². The van der Waals surface area contributed by atoms with Crippen LogP contribution in [-0.2, 0) is 9.59 Å². The maximum Gasteiger partial charge on any atom is 0.220 e. The largest absolute Gasteiger partial charge is 0.369 e. The number of rotatable bonds is 9. The zero-order valence-corrected chi connectivity index (χ0v) is 10.4. The Hall–Kier alpha value is -1.06. The molecule has 3 N–H and O–H groups in total. The van der Waals surface area contributed by atoms with E-state index in [-0.39, 0.29) is 17.7 Å². The second-order valence-electron chi connectivity index (χ2n) is 4.10. The third-order valence-electron chi connectivity index (χ3n) is 2.72. The molecule has 0 aliphatic rings. The molecule has 0 bridgehead atoms. The average Bonchev–Trinajstić information content (AvgIpc) is 2.24. The van der Waals surface area contributed by atoms with Gasteiger partial charge in [0.25, 0.3) is 0 Å². The van der Waals surface area contributed by atoms with E-state index in [0.717, 1.165) is 25.7 Å². The molecule has 0 aliphatic carbocycles. The van der Waals surface area contributed by atoms with E-state index in [4.69, 9.17) is 5.73 Å². The predicted octanol–water partition coefficient (Wildman–Crippen LogP) is 1.58. The van der Waals surface area contributed by atoms with Crippen molar-refractivity contribution in [3.05, 3.63) is 0 Å². The molecule has 16 heavy (non-hydrogen) atoms. The van der Waals surface area contributed by atoms with Crippen LogP contribution in [0.3, 0.4) is 0 Å². The molecule has 0 aromatic heterocycles. The van der Waals surface area contributed by atoms with Gasteiger partial charge in [-0.3, -0.25) is 9.59 Å². The fourth-order valence-corrected chi connectivity index (χ4v) is 1.56. The smallest absolute Gasteiger partial charge is 0.220 e. The number of primary amides is 1. The molecule has 0 aliphatic heterocycles. The summed E-state index contributed by atoms with van der Waals surface area (Å²) in [5.41, 5.74) is 5.21. The van der Waals surface area contributed by atoms with Gasteiger partial charge < -0.3 is 11.1 Å². The molecule has 4 nitrogen and oxygen atoms in total. The molecule has 0 fully saturated rings. The summed E-state index contributed by atoms with van der Waals surface area (Å²) in [5, 5.41) is 2.81. The zero-order valence-electron chi connectivity index (χ0n) is 10.4. The minimum Gasteiger partial charge on any atom is -0.369 e. The number of hydrogen-bond donors (Lipinski definition) is 2. The van der Waals surface area contributed by atoms with Gasteiger partial charge in [-0.2, -0.15) is 0 Å². The normalized spacial score (nSPS) is 12.1. The van der Waals surface area contributed by atoms with Crippen LogP contribution >= 0.6 is 0 Å². The highest BCUT2D eigenvalue weighted by atomic mass is 16.2. The van der Waals surface area contributed by atoms with Gasteiger partial charge in [0.2, 0.25) is 11.8 Å². The maximum atomic E-state index is 11.3. The molecule has 0 saturated carbocycles. The van der Waals surface area contributed by atoms with Gasteiger partial charge in [-0.05, 0) is 19.3 Å². The van der Waals surface area contributed by atoms with Crippen LogP contribution in [-0.4, -0.2) is 18.4 Å². The molecular weight excluding hydrogens is 204 g/mol. The first-order valence-corrected chi connectivity index (χ1v) is 6.17. The second kappa shape index (κ2) is 9.19. The molecule has 1 atom stereocenters. The molecule has 0 saturated heterocycles. The van der Waals surface area contributed by atoms with Crippen LogP contribution in [0.15, 0.2) is 0 Å². The monoisotopic (exact) mass is 228 g/mol. The van der Waals surface area contributed by atoms with Crippen molar-refractivity contribution >= 4 is 11.8 Å². The van der Waals surface area contributed by atoms with E-state index < -0.39 is 0 Å². The van der Waals surface area contributed by atoms with Crippen LogP contribution in [0.5, 0.6) is 0 Å². The summed E-state index contributed by atoms with van der Waals surface area (Å²) in [6, 6.07) is 0. The Labute approximate surface area is 98.0 Å². The number of unbranched alkanes of at least 4 members (excludes halogenated alkanes) is 2. The van der Waals surface area contributed by atoms with Crippen molar-refractivity contribution in [2.45, 2.75) is 52.4 Å². The maximum absolute atomic E-state index is 11.3. The topological polar surface area (TPSA) is 72.2 Å². The minimum absolute atomic E-state index is 0.0766. The van der Waals surface area contributed by atoms with Gasteiger partial charge in [0, 0.05) is 18.9 Å². The van der Waals surface area contributed by atoms with Gasteiger partial charge in [-0.1, -0.05) is 26.7 Å². The van der Waals surface area contributed by atoms with Crippen molar-refractivity contribution in [1.82, 2.24) is 5.32 Å². The van der Waals surface area contributed by atoms with Crippen LogP contribution in [0, 0.1) is 5.92 Å². The van der Waals surface area contributed by atoms with Gasteiger partial charge in [0.05, 0.1) is 0 Å². The average molecular weight is 228 g/mol. The van der Waals surface area contributed by atoms with Crippen LogP contribution in [0.2, 0.25) is 0 Å².